The number of pyridine rings is 1. The lowest BCUT2D eigenvalue weighted by molar-refractivity contribution is 0.344. The number of thioether (sulfide) groups is 1. The summed E-state index contributed by atoms with van der Waals surface area (Å²) in [4.78, 5) is 6.59. The molecule has 0 aliphatic rings. The summed E-state index contributed by atoms with van der Waals surface area (Å²) in [5.41, 5.74) is 0.819. The van der Waals surface area contributed by atoms with E-state index in [-0.39, 0.29) is 0 Å². The summed E-state index contributed by atoms with van der Waals surface area (Å²) in [6, 6.07) is 13.7. The van der Waals surface area contributed by atoms with Crippen molar-refractivity contribution in [1.82, 2.24) is 20.1 Å². The first kappa shape index (κ1) is 21.1. The predicted molar refractivity (Wildman–Crippen MR) is 117 cm³/mol. The molecule has 7 nitrogen and oxygen atoms in total. The van der Waals surface area contributed by atoms with Crippen LogP contribution in [-0.2, 0) is 5.75 Å². The summed E-state index contributed by atoms with van der Waals surface area (Å²) < 4.78 is 11.4. The zero-order valence-corrected chi connectivity index (χ0v) is 17.7. The number of aromatic nitrogens is 3. The molecule has 3 rings (SSSR count). The number of nitrogens with one attached hydrogen (secondary N) is 1. The molecule has 2 heterocycles. The highest BCUT2D eigenvalue weighted by Gasteiger charge is 2.09. The van der Waals surface area contributed by atoms with Gasteiger partial charge in [-0.2, -0.15) is 0 Å². The molecule has 0 fully saturated rings. The summed E-state index contributed by atoms with van der Waals surface area (Å²) in [6.07, 6.45) is 2.82. The van der Waals surface area contributed by atoms with Crippen LogP contribution in [0.1, 0.15) is 12.3 Å². The summed E-state index contributed by atoms with van der Waals surface area (Å²) in [5, 5.41) is 11.6. The summed E-state index contributed by atoms with van der Waals surface area (Å²) in [6.45, 7) is 2.58. The molecule has 2 aromatic heterocycles. The van der Waals surface area contributed by atoms with Crippen molar-refractivity contribution < 1.29 is 9.15 Å². The van der Waals surface area contributed by atoms with Gasteiger partial charge in [-0.3, -0.25) is 0 Å². The number of benzene rings is 1. The van der Waals surface area contributed by atoms with E-state index in [0.717, 1.165) is 42.4 Å². The summed E-state index contributed by atoms with van der Waals surface area (Å²) in [5.74, 6) is 4.34. The average molecular weight is 414 g/mol. The summed E-state index contributed by atoms with van der Waals surface area (Å²) >= 11 is 1.70. The van der Waals surface area contributed by atoms with Gasteiger partial charge in [0.25, 0.3) is 0 Å². The molecule has 8 heteroatoms. The van der Waals surface area contributed by atoms with Crippen molar-refractivity contribution in [2.45, 2.75) is 12.2 Å². The van der Waals surface area contributed by atoms with E-state index in [2.05, 4.69) is 39.5 Å². The zero-order valence-electron chi connectivity index (χ0n) is 16.9. The molecule has 0 saturated heterocycles. The van der Waals surface area contributed by atoms with Crippen LogP contribution in [0.15, 0.2) is 53.1 Å². The lowest BCUT2D eigenvalue weighted by Crippen LogP contribution is -2.16. The number of rotatable bonds is 12. The Bertz CT molecular complexity index is 840. The lowest BCUT2D eigenvalue weighted by atomic mass is 10.3. The lowest BCUT2D eigenvalue weighted by Gasteiger charge is -2.10. The van der Waals surface area contributed by atoms with E-state index in [1.54, 1.807) is 18.0 Å². The third-order valence-corrected chi connectivity index (χ3v) is 4.94. The molecule has 0 unspecified atom stereocenters. The number of nitrogens with zero attached hydrogens (tertiary/aromatic N) is 4. The van der Waals surface area contributed by atoms with E-state index in [9.17, 15) is 0 Å². The van der Waals surface area contributed by atoms with Gasteiger partial charge in [-0.15, -0.1) is 22.0 Å². The maximum atomic E-state index is 5.75. The number of hydrogen-bond acceptors (Lipinski definition) is 8. The Morgan fingerprint density at radius 3 is 2.72 bits per heavy atom. The molecule has 0 amide bonds. The molecule has 0 atom stereocenters. The molecular formula is C21H27N5O2S. The fourth-order valence-corrected chi connectivity index (χ4v) is 3.20. The maximum absolute atomic E-state index is 5.75. The Morgan fingerprint density at radius 1 is 1.10 bits per heavy atom. The highest BCUT2D eigenvalue weighted by Crippen LogP contribution is 2.20. The molecular weight excluding hydrogens is 386 g/mol. The second-order valence-corrected chi connectivity index (χ2v) is 7.84. The Kier molecular flexibility index (Phi) is 8.33. The first-order chi connectivity index (χ1) is 14.2. The van der Waals surface area contributed by atoms with Crippen molar-refractivity contribution in [2.24, 2.45) is 0 Å². The van der Waals surface area contributed by atoms with Crippen molar-refractivity contribution in [3.05, 3.63) is 54.6 Å². The number of hydrogen-bond donors (Lipinski definition) is 1. The molecule has 3 aromatic rings. The van der Waals surface area contributed by atoms with E-state index in [4.69, 9.17) is 9.15 Å². The first-order valence-corrected chi connectivity index (χ1v) is 10.8. The SMILES string of the molecule is CN(C)CCCNc1ccc(-c2nnc(CSCCOc3ccccc3)o2)cn1. The average Bonchev–Trinajstić information content (AvgIpc) is 3.21. The van der Waals surface area contributed by atoms with Gasteiger partial charge in [0.15, 0.2) is 0 Å². The minimum absolute atomic E-state index is 0.493. The van der Waals surface area contributed by atoms with Crippen molar-refractivity contribution in [1.29, 1.82) is 0 Å². The van der Waals surface area contributed by atoms with E-state index in [0.29, 0.717) is 24.1 Å². The standard InChI is InChI=1S/C21H27N5O2S/c1-26(2)12-6-11-22-19-10-9-17(15-23-19)21-25-24-20(28-21)16-29-14-13-27-18-7-4-3-5-8-18/h3-5,7-10,15H,6,11-14,16H2,1-2H3,(H,22,23). The topological polar surface area (TPSA) is 76.3 Å². The summed E-state index contributed by atoms with van der Waals surface area (Å²) in [7, 11) is 4.14. The minimum atomic E-state index is 0.493. The molecule has 0 spiro atoms. The largest absolute Gasteiger partial charge is 0.493 e. The number of anilines is 1. The maximum Gasteiger partial charge on any atom is 0.249 e. The molecule has 0 saturated carbocycles. The van der Waals surface area contributed by atoms with Gasteiger partial charge in [-0.1, -0.05) is 18.2 Å². The zero-order chi connectivity index (χ0) is 20.3. The van der Waals surface area contributed by atoms with Crippen LogP contribution in [-0.4, -0.2) is 59.6 Å². The first-order valence-electron chi connectivity index (χ1n) is 9.64. The van der Waals surface area contributed by atoms with Gasteiger partial charge in [0, 0.05) is 18.5 Å². The van der Waals surface area contributed by atoms with Crippen LogP contribution < -0.4 is 10.1 Å². The van der Waals surface area contributed by atoms with Crippen molar-refractivity contribution in [2.75, 3.05) is 44.9 Å². The van der Waals surface area contributed by atoms with Crippen molar-refractivity contribution >= 4 is 17.6 Å². The fourth-order valence-electron chi connectivity index (χ4n) is 2.56. The molecule has 0 aliphatic carbocycles. The Hall–Kier alpha value is -2.58. The van der Waals surface area contributed by atoms with Gasteiger partial charge in [0.2, 0.25) is 11.8 Å². The van der Waals surface area contributed by atoms with E-state index in [1.807, 2.05) is 42.5 Å². The Labute approximate surface area is 175 Å². The van der Waals surface area contributed by atoms with Crippen LogP contribution in [0.2, 0.25) is 0 Å². The molecule has 29 heavy (non-hydrogen) atoms. The number of ether oxygens (including phenoxy) is 1. The monoisotopic (exact) mass is 413 g/mol. The Morgan fingerprint density at radius 2 is 1.97 bits per heavy atom. The molecule has 1 aromatic carbocycles. The smallest absolute Gasteiger partial charge is 0.249 e. The normalized spacial score (nSPS) is 11.0. The quantitative estimate of drug-likeness (QED) is 0.449. The van der Waals surface area contributed by atoms with Crippen LogP contribution >= 0.6 is 11.8 Å². The fraction of sp³-hybridized carbons (Fsp3) is 0.381. The van der Waals surface area contributed by atoms with Gasteiger partial charge < -0.3 is 19.4 Å². The van der Waals surface area contributed by atoms with Crippen LogP contribution in [0.3, 0.4) is 0 Å². The molecule has 1 N–H and O–H groups in total. The van der Waals surface area contributed by atoms with Gasteiger partial charge in [-0.25, -0.2) is 4.98 Å². The third kappa shape index (κ3) is 7.40. The van der Waals surface area contributed by atoms with E-state index >= 15 is 0 Å². The van der Waals surface area contributed by atoms with Crippen LogP contribution in [0, 0.1) is 0 Å². The molecule has 0 aliphatic heterocycles. The van der Waals surface area contributed by atoms with Gasteiger partial charge in [0.1, 0.15) is 11.6 Å². The minimum Gasteiger partial charge on any atom is -0.493 e. The molecule has 0 bridgehead atoms. The highest BCUT2D eigenvalue weighted by molar-refractivity contribution is 7.98. The third-order valence-electron chi connectivity index (χ3n) is 4.03. The van der Waals surface area contributed by atoms with E-state index in [1.165, 1.54) is 0 Å². The highest BCUT2D eigenvalue weighted by atomic mass is 32.2. The van der Waals surface area contributed by atoms with Crippen molar-refractivity contribution in [3.8, 4) is 17.2 Å². The number of para-hydroxylation sites is 1. The van der Waals surface area contributed by atoms with Gasteiger partial charge in [0.05, 0.1) is 17.9 Å². The van der Waals surface area contributed by atoms with E-state index < -0.39 is 0 Å². The second kappa shape index (κ2) is 11.4. The van der Waals surface area contributed by atoms with Crippen molar-refractivity contribution in [3.63, 3.8) is 0 Å². The van der Waals surface area contributed by atoms with Gasteiger partial charge >= 0.3 is 0 Å². The predicted octanol–water partition coefficient (Wildman–Crippen LogP) is 3.81. The van der Waals surface area contributed by atoms with Crippen LogP contribution in [0.25, 0.3) is 11.5 Å². The molecule has 154 valence electrons. The molecule has 0 radical (unpaired) electrons. The second-order valence-electron chi connectivity index (χ2n) is 6.73. The van der Waals surface area contributed by atoms with Crippen LogP contribution in [0.5, 0.6) is 5.75 Å². The Balaban J connectivity index is 1.38. The van der Waals surface area contributed by atoms with Crippen LogP contribution in [0.4, 0.5) is 5.82 Å². The van der Waals surface area contributed by atoms with Gasteiger partial charge in [-0.05, 0) is 51.3 Å².